The maximum Gasteiger partial charge on any atom is 0.320 e. The number of nitrogens with two attached hydrogens (primary N) is 1. The van der Waals surface area contributed by atoms with Crippen molar-refractivity contribution >= 4 is 5.97 Å². The van der Waals surface area contributed by atoms with Gasteiger partial charge in [-0.2, -0.15) is 0 Å². The van der Waals surface area contributed by atoms with Crippen LogP contribution in [0.3, 0.4) is 0 Å². The number of hydrogen-bond donors (Lipinski definition) is 2. The molecule has 82 valence electrons. The van der Waals surface area contributed by atoms with E-state index in [9.17, 15) is 4.79 Å². The molecule has 0 radical (unpaired) electrons. The number of rotatable bonds is 3. The summed E-state index contributed by atoms with van der Waals surface area (Å²) in [4.78, 5) is 9.92. The van der Waals surface area contributed by atoms with Crippen LogP contribution in [-0.4, -0.2) is 17.1 Å². The number of hydrogen-bond acceptors (Lipinski definition) is 2. The van der Waals surface area contributed by atoms with Crippen LogP contribution in [0.2, 0.25) is 0 Å². The lowest BCUT2D eigenvalue weighted by molar-refractivity contribution is -0.138. The molecule has 0 saturated heterocycles. The number of carboxylic acids is 1. The molecule has 14 heavy (non-hydrogen) atoms. The first-order valence-electron chi connectivity index (χ1n) is 5.27. The van der Waals surface area contributed by atoms with Gasteiger partial charge in [0.2, 0.25) is 0 Å². The summed E-state index contributed by atoms with van der Waals surface area (Å²) in [6.45, 7) is 3.34. The summed E-state index contributed by atoms with van der Waals surface area (Å²) in [7, 11) is 0. The third-order valence-corrected chi connectivity index (χ3v) is 2.24. The molecule has 0 bridgehead atoms. The van der Waals surface area contributed by atoms with Gasteiger partial charge in [0, 0.05) is 0 Å². The number of carboxylic acid groups (broad SMARTS) is 1. The first kappa shape index (κ1) is 13.2. The topological polar surface area (TPSA) is 63.3 Å². The fourth-order valence-corrected chi connectivity index (χ4v) is 1.34. The second kappa shape index (κ2) is 8.75. The number of aliphatic carboxylic acids is 1. The van der Waals surface area contributed by atoms with Gasteiger partial charge in [0.15, 0.2) is 0 Å². The molecule has 0 aromatic carbocycles. The lowest BCUT2D eigenvalue weighted by atomic mass is 10.0. The summed E-state index contributed by atoms with van der Waals surface area (Å²) in [5.41, 5.74) is 5.06. The minimum atomic E-state index is -0.982. The van der Waals surface area contributed by atoms with Crippen molar-refractivity contribution in [2.24, 2.45) is 5.73 Å². The van der Waals surface area contributed by atoms with Crippen LogP contribution in [0.1, 0.15) is 44.9 Å². The maximum atomic E-state index is 9.92. The van der Waals surface area contributed by atoms with Crippen LogP contribution in [0.15, 0.2) is 12.7 Å². The van der Waals surface area contributed by atoms with Gasteiger partial charge in [0.25, 0.3) is 0 Å². The second-order valence-electron chi connectivity index (χ2n) is 3.59. The minimum Gasteiger partial charge on any atom is -0.480 e. The molecule has 1 fully saturated rings. The SMILES string of the molecule is C1CCCCC1.C=CCC(N)C(=O)O. The monoisotopic (exact) mass is 199 g/mol. The van der Waals surface area contributed by atoms with Crippen molar-refractivity contribution in [2.45, 2.75) is 51.0 Å². The molecule has 0 amide bonds. The van der Waals surface area contributed by atoms with Crippen LogP contribution in [0, 0.1) is 0 Å². The standard InChI is InChI=1S/C6H12.C5H9NO2/c1-2-4-6-5-3-1;1-2-3-4(6)5(7)8/h1-6H2;2,4H,1,3,6H2,(H,7,8). The van der Waals surface area contributed by atoms with E-state index >= 15 is 0 Å². The molecule has 1 rings (SSSR count). The van der Waals surface area contributed by atoms with Crippen LogP contribution >= 0.6 is 0 Å². The molecule has 0 heterocycles. The zero-order valence-corrected chi connectivity index (χ0v) is 8.74. The Kier molecular flexibility index (Phi) is 8.24. The Hall–Kier alpha value is -0.830. The fraction of sp³-hybridized carbons (Fsp3) is 0.727. The van der Waals surface area contributed by atoms with Gasteiger partial charge in [-0.1, -0.05) is 44.6 Å². The van der Waals surface area contributed by atoms with Crippen LogP contribution in [0.4, 0.5) is 0 Å². The predicted octanol–water partition coefficient (Wildman–Crippen LogP) is 2.32. The summed E-state index contributed by atoms with van der Waals surface area (Å²) < 4.78 is 0. The van der Waals surface area contributed by atoms with E-state index in [0.717, 1.165) is 0 Å². The first-order chi connectivity index (χ1) is 6.68. The van der Waals surface area contributed by atoms with Crippen molar-refractivity contribution in [3.63, 3.8) is 0 Å². The Bertz CT molecular complexity index is 153. The molecule has 1 atom stereocenters. The average molecular weight is 199 g/mol. The highest BCUT2D eigenvalue weighted by molar-refractivity contribution is 5.73. The van der Waals surface area contributed by atoms with Crippen molar-refractivity contribution in [3.8, 4) is 0 Å². The van der Waals surface area contributed by atoms with Gasteiger partial charge in [-0.25, -0.2) is 0 Å². The van der Waals surface area contributed by atoms with Crippen LogP contribution in [0.5, 0.6) is 0 Å². The third-order valence-electron chi connectivity index (χ3n) is 2.24. The van der Waals surface area contributed by atoms with Gasteiger partial charge in [-0.3, -0.25) is 4.79 Å². The van der Waals surface area contributed by atoms with E-state index in [-0.39, 0.29) is 0 Å². The maximum absolute atomic E-state index is 9.92. The quantitative estimate of drug-likeness (QED) is 0.685. The van der Waals surface area contributed by atoms with Crippen molar-refractivity contribution in [1.29, 1.82) is 0 Å². The van der Waals surface area contributed by atoms with E-state index < -0.39 is 12.0 Å². The molecular formula is C11H21NO2. The van der Waals surface area contributed by atoms with Crippen molar-refractivity contribution < 1.29 is 9.90 Å². The van der Waals surface area contributed by atoms with Gasteiger partial charge in [-0.05, 0) is 6.42 Å². The average Bonchev–Trinajstić information content (AvgIpc) is 2.21. The molecule has 1 aliphatic carbocycles. The van der Waals surface area contributed by atoms with Gasteiger partial charge in [0.05, 0.1) is 0 Å². The van der Waals surface area contributed by atoms with E-state index in [1.165, 1.54) is 44.6 Å². The molecule has 0 aromatic rings. The molecule has 3 nitrogen and oxygen atoms in total. The molecule has 0 spiro atoms. The van der Waals surface area contributed by atoms with E-state index in [0.29, 0.717) is 6.42 Å². The van der Waals surface area contributed by atoms with E-state index in [2.05, 4.69) is 6.58 Å². The molecule has 3 N–H and O–H groups in total. The zero-order valence-electron chi connectivity index (χ0n) is 8.74. The third kappa shape index (κ3) is 7.80. The van der Waals surface area contributed by atoms with Crippen molar-refractivity contribution in [1.82, 2.24) is 0 Å². The normalized spacial score (nSPS) is 17.5. The fourth-order valence-electron chi connectivity index (χ4n) is 1.34. The molecule has 1 unspecified atom stereocenters. The van der Waals surface area contributed by atoms with E-state index in [1.807, 2.05) is 0 Å². The molecular weight excluding hydrogens is 178 g/mol. The van der Waals surface area contributed by atoms with Gasteiger partial charge in [-0.15, -0.1) is 6.58 Å². The Balaban J connectivity index is 0.000000249. The highest BCUT2D eigenvalue weighted by Crippen LogP contribution is 2.15. The van der Waals surface area contributed by atoms with Gasteiger partial charge in [0.1, 0.15) is 6.04 Å². The predicted molar refractivity (Wildman–Crippen MR) is 58.1 cm³/mol. The lowest BCUT2D eigenvalue weighted by Crippen LogP contribution is -2.28. The minimum absolute atomic E-state index is 0.329. The van der Waals surface area contributed by atoms with Gasteiger partial charge < -0.3 is 10.8 Å². The van der Waals surface area contributed by atoms with Crippen molar-refractivity contribution in [3.05, 3.63) is 12.7 Å². The zero-order chi connectivity index (χ0) is 10.8. The van der Waals surface area contributed by atoms with E-state index in [1.54, 1.807) is 0 Å². The molecule has 0 aromatic heterocycles. The summed E-state index contributed by atoms with van der Waals surface area (Å²) in [6, 6.07) is -0.785. The van der Waals surface area contributed by atoms with Crippen LogP contribution in [0.25, 0.3) is 0 Å². The van der Waals surface area contributed by atoms with Crippen LogP contribution in [-0.2, 0) is 4.79 Å². The Morgan fingerprint density at radius 2 is 1.64 bits per heavy atom. The second-order valence-corrected chi connectivity index (χ2v) is 3.59. The highest BCUT2D eigenvalue weighted by atomic mass is 16.4. The summed E-state index contributed by atoms with van der Waals surface area (Å²) >= 11 is 0. The molecule has 1 aliphatic rings. The summed E-state index contributed by atoms with van der Waals surface area (Å²) in [5, 5.41) is 8.14. The first-order valence-corrected chi connectivity index (χ1v) is 5.27. The Labute approximate surface area is 86.0 Å². The molecule has 3 heteroatoms. The van der Waals surface area contributed by atoms with Crippen molar-refractivity contribution in [2.75, 3.05) is 0 Å². The Morgan fingerprint density at radius 1 is 1.29 bits per heavy atom. The van der Waals surface area contributed by atoms with E-state index in [4.69, 9.17) is 10.8 Å². The summed E-state index contributed by atoms with van der Waals surface area (Å²) in [6.07, 6.45) is 10.8. The summed E-state index contributed by atoms with van der Waals surface area (Å²) in [5.74, 6) is -0.982. The Morgan fingerprint density at radius 3 is 1.79 bits per heavy atom. The largest absolute Gasteiger partial charge is 0.480 e. The lowest BCUT2D eigenvalue weighted by Gasteiger charge is -2.05. The molecule has 1 saturated carbocycles. The molecule has 0 aliphatic heterocycles. The van der Waals surface area contributed by atoms with Gasteiger partial charge >= 0.3 is 5.97 Å². The highest BCUT2D eigenvalue weighted by Gasteiger charge is 2.06. The number of carbonyl (C=O) groups is 1. The van der Waals surface area contributed by atoms with Crippen LogP contribution < -0.4 is 5.73 Å². The smallest absolute Gasteiger partial charge is 0.320 e.